The van der Waals surface area contributed by atoms with Crippen LogP contribution in [0.2, 0.25) is 0 Å². The Morgan fingerprint density at radius 2 is 2.08 bits per heavy atom. The first kappa shape index (κ1) is 22.8. The Kier molecular flexibility index (Phi) is 9.50. The van der Waals surface area contributed by atoms with Crippen molar-refractivity contribution in [2.45, 2.75) is 38.1 Å². The van der Waals surface area contributed by atoms with Gasteiger partial charge in [0.15, 0.2) is 0 Å². The summed E-state index contributed by atoms with van der Waals surface area (Å²) in [6.07, 6.45) is 4.67. The van der Waals surface area contributed by atoms with Gasteiger partial charge < -0.3 is 11.1 Å². The Morgan fingerprint density at radius 1 is 1.31 bits per heavy atom. The number of nitrogens with zero attached hydrogens (tertiary/aromatic N) is 1. The Hall–Kier alpha value is -1.21. The van der Waals surface area contributed by atoms with Gasteiger partial charge in [-0.25, -0.2) is 9.37 Å². The van der Waals surface area contributed by atoms with Gasteiger partial charge in [-0.15, -0.1) is 36.2 Å². The first-order chi connectivity index (χ1) is 11.7. The van der Waals surface area contributed by atoms with Crippen LogP contribution in [0.1, 0.15) is 31.4 Å². The summed E-state index contributed by atoms with van der Waals surface area (Å²) in [7, 11) is 0. The van der Waals surface area contributed by atoms with E-state index in [9.17, 15) is 9.18 Å². The molecule has 26 heavy (non-hydrogen) atoms. The molecule has 0 bridgehead atoms. The molecule has 0 saturated heterocycles. The van der Waals surface area contributed by atoms with E-state index in [1.165, 1.54) is 29.9 Å². The number of nitrogens with one attached hydrogen (secondary N) is 1. The van der Waals surface area contributed by atoms with Crippen molar-refractivity contribution in [3.8, 4) is 10.6 Å². The molecular formula is C18H24Cl2FN3OS. The molecule has 3 rings (SSSR count). The van der Waals surface area contributed by atoms with Crippen LogP contribution in [0.4, 0.5) is 4.39 Å². The highest BCUT2D eigenvalue weighted by molar-refractivity contribution is 7.13. The minimum Gasteiger partial charge on any atom is -0.353 e. The monoisotopic (exact) mass is 419 g/mol. The van der Waals surface area contributed by atoms with E-state index in [1.807, 2.05) is 11.4 Å². The van der Waals surface area contributed by atoms with E-state index in [0.29, 0.717) is 12.5 Å². The van der Waals surface area contributed by atoms with E-state index in [-0.39, 0.29) is 49.0 Å². The maximum atomic E-state index is 13.3. The summed E-state index contributed by atoms with van der Waals surface area (Å²) in [4.78, 5) is 16.8. The lowest BCUT2D eigenvalue weighted by Crippen LogP contribution is -2.45. The molecule has 3 N–H and O–H groups in total. The van der Waals surface area contributed by atoms with Gasteiger partial charge in [-0.2, -0.15) is 0 Å². The molecule has 8 heteroatoms. The number of hydrogen-bond donors (Lipinski definition) is 2. The first-order valence-electron chi connectivity index (χ1n) is 8.35. The third-order valence-electron chi connectivity index (χ3n) is 4.52. The van der Waals surface area contributed by atoms with Crippen LogP contribution in [0.15, 0.2) is 29.6 Å². The number of carbonyl (C=O) groups excluding carboxylic acids is 1. The number of aromatic nitrogens is 1. The highest BCUT2D eigenvalue weighted by Crippen LogP contribution is 2.25. The number of thiazole rings is 1. The molecule has 1 heterocycles. The lowest BCUT2D eigenvalue weighted by atomic mass is 9.84. The molecule has 1 aliphatic rings. The van der Waals surface area contributed by atoms with Gasteiger partial charge in [0.1, 0.15) is 10.8 Å². The van der Waals surface area contributed by atoms with E-state index >= 15 is 0 Å². The van der Waals surface area contributed by atoms with Gasteiger partial charge in [-0.05, 0) is 37.4 Å². The van der Waals surface area contributed by atoms with Gasteiger partial charge in [0.25, 0.3) is 0 Å². The lowest BCUT2D eigenvalue weighted by molar-refractivity contribution is -0.121. The standard InChI is InChI=1S/C18H22FN3OS.2ClH/c19-14-6-3-5-12(8-14)18-21-15(11-24-18)9-17(23)22-16-7-2-1-4-13(16)10-20;;/h3,5-6,8,11,13,16H,1-2,4,7,9-10,20H2,(H,22,23);2*1H. The molecule has 0 aliphatic heterocycles. The van der Waals surface area contributed by atoms with E-state index in [2.05, 4.69) is 10.3 Å². The van der Waals surface area contributed by atoms with E-state index in [4.69, 9.17) is 5.73 Å². The smallest absolute Gasteiger partial charge is 0.226 e. The maximum Gasteiger partial charge on any atom is 0.226 e. The maximum absolute atomic E-state index is 13.3. The fourth-order valence-electron chi connectivity index (χ4n) is 3.24. The molecule has 1 fully saturated rings. The molecule has 2 unspecified atom stereocenters. The Balaban J connectivity index is 0.00000169. The summed E-state index contributed by atoms with van der Waals surface area (Å²) in [6.45, 7) is 0.616. The van der Waals surface area contributed by atoms with Crippen LogP contribution < -0.4 is 11.1 Å². The van der Waals surface area contributed by atoms with Gasteiger partial charge in [0.2, 0.25) is 5.91 Å². The Bertz CT molecular complexity index is 713. The number of rotatable bonds is 5. The van der Waals surface area contributed by atoms with Crippen molar-refractivity contribution in [1.82, 2.24) is 10.3 Å². The molecular weight excluding hydrogens is 396 g/mol. The summed E-state index contributed by atoms with van der Waals surface area (Å²) in [5.74, 6) is 0.0737. The average Bonchev–Trinajstić information content (AvgIpc) is 3.03. The zero-order valence-electron chi connectivity index (χ0n) is 14.3. The highest BCUT2D eigenvalue weighted by Gasteiger charge is 2.25. The van der Waals surface area contributed by atoms with Crippen molar-refractivity contribution in [3.05, 3.63) is 41.2 Å². The van der Waals surface area contributed by atoms with Gasteiger partial charge in [-0.3, -0.25) is 4.79 Å². The predicted molar refractivity (Wildman–Crippen MR) is 109 cm³/mol. The number of benzene rings is 1. The molecule has 2 atom stereocenters. The number of carbonyl (C=O) groups is 1. The fourth-order valence-corrected chi connectivity index (χ4v) is 4.06. The van der Waals surface area contributed by atoms with Crippen molar-refractivity contribution in [2.24, 2.45) is 11.7 Å². The van der Waals surface area contributed by atoms with Crippen molar-refractivity contribution in [2.75, 3.05) is 6.54 Å². The second-order valence-corrected chi connectivity index (χ2v) is 7.14. The molecule has 1 aliphatic carbocycles. The zero-order valence-corrected chi connectivity index (χ0v) is 16.8. The second kappa shape index (κ2) is 10.8. The number of halogens is 3. The van der Waals surface area contributed by atoms with Crippen molar-refractivity contribution < 1.29 is 9.18 Å². The molecule has 1 aromatic carbocycles. The third-order valence-corrected chi connectivity index (χ3v) is 5.46. The lowest BCUT2D eigenvalue weighted by Gasteiger charge is -2.31. The number of amides is 1. The van der Waals surface area contributed by atoms with Gasteiger partial charge >= 0.3 is 0 Å². The van der Waals surface area contributed by atoms with E-state index in [0.717, 1.165) is 35.5 Å². The Labute approximate surface area is 169 Å². The predicted octanol–water partition coefficient (Wildman–Crippen LogP) is 3.97. The first-order valence-corrected chi connectivity index (χ1v) is 9.23. The van der Waals surface area contributed by atoms with Crippen LogP contribution in [-0.2, 0) is 11.2 Å². The fraction of sp³-hybridized carbons (Fsp3) is 0.444. The summed E-state index contributed by atoms with van der Waals surface area (Å²) < 4.78 is 13.3. The zero-order chi connectivity index (χ0) is 16.9. The average molecular weight is 420 g/mol. The molecule has 0 radical (unpaired) electrons. The van der Waals surface area contributed by atoms with E-state index in [1.54, 1.807) is 6.07 Å². The normalized spacial score (nSPS) is 19.2. The largest absolute Gasteiger partial charge is 0.353 e. The molecule has 2 aromatic rings. The number of hydrogen-bond acceptors (Lipinski definition) is 4. The minimum absolute atomic E-state index is 0. The summed E-state index contributed by atoms with van der Waals surface area (Å²) >= 11 is 1.43. The molecule has 0 spiro atoms. The van der Waals surface area contributed by atoms with Gasteiger partial charge in [0.05, 0.1) is 12.1 Å². The topological polar surface area (TPSA) is 68.0 Å². The second-order valence-electron chi connectivity index (χ2n) is 6.29. The minimum atomic E-state index is -0.285. The Morgan fingerprint density at radius 3 is 2.81 bits per heavy atom. The van der Waals surface area contributed by atoms with E-state index < -0.39 is 0 Å². The third kappa shape index (κ3) is 5.91. The highest BCUT2D eigenvalue weighted by atomic mass is 35.5. The van der Waals surface area contributed by atoms with Crippen LogP contribution in [-0.4, -0.2) is 23.5 Å². The van der Waals surface area contributed by atoms with Gasteiger partial charge in [-0.1, -0.05) is 25.0 Å². The van der Waals surface area contributed by atoms with Crippen LogP contribution >= 0.6 is 36.2 Å². The SMILES string of the molecule is Cl.Cl.NCC1CCCCC1NC(=O)Cc1csc(-c2cccc(F)c2)n1. The molecule has 1 aromatic heterocycles. The summed E-state index contributed by atoms with van der Waals surface area (Å²) in [5, 5.41) is 5.71. The molecule has 1 saturated carbocycles. The quantitative estimate of drug-likeness (QED) is 0.769. The van der Waals surface area contributed by atoms with Crippen molar-refractivity contribution in [1.29, 1.82) is 0 Å². The van der Waals surface area contributed by atoms with Crippen LogP contribution in [0, 0.1) is 11.7 Å². The van der Waals surface area contributed by atoms with Crippen molar-refractivity contribution >= 4 is 42.1 Å². The van der Waals surface area contributed by atoms with Crippen molar-refractivity contribution in [3.63, 3.8) is 0 Å². The molecule has 1 amide bonds. The van der Waals surface area contributed by atoms with Crippen LogP contribution in [0.5, 0.6) is 0 Å². The summed E-state index contributed by atoms with van der Waals surface area (Å²) in [6, 6.07) is 6.52. The van der Waals surface area contributed by atoms with Crippen LogP contribution in [0.25, 0.3) is 10.6 Å². The molecule has 4 nitrogen and oxygen atoms in total. The molecule has 144 valence electrons. The van der Waals surface area contributed by atoms with Crippen LogP contribution in [0.3, 0.4) is 0 Å². The summed E-state index contributed by atoms with van der Waals surface area (Å²) in [5.41, 5.74) is 7.27. The number of nitrogens with two attached hydrogens (primary N) is 1. The van der Waals surface area contributed by atoms with Gasteiger partial charge in [0, 0.05) is 17.0 Å².